The second kappa shape index (κ2) is 6.67. The third-order valence-corrected chi connectivity index (χ3v) is 2.88. The number of urea groups is 1. The Labute approximate surface area is 91.6 Å². The van der Waals surface area contributed by atoms with Gasteiger partial charge in [0.15, 0.2) is 0 Å². The van der Waals surface area contributed by atoms with Gasteiger partial charge in [0.25, 0.3) is 0 Å². The third-order valence-electron chi connectivity index (χ3n) is 2.88. The fraction of sp³-hybridized carbons (Fsp3) is 0.909. The van der Waals surface area contributed by atoms with Crippen molar-refractivity contribution in [3.05, 3.63) is 0 Å². The number of nitrogens with one attached hydrogen (secondary N) is 1. The summed E-state index contributed by atoms with van der Waals surface area (Å²) in [6.07, 6.45) is 4.03. The van der Waals surface area contributed by atoms with Gasteiger partial charge in [0.1, 0.15) is 0 Å². The Morgan fingerprint density at radius 1 is 1.53 bits per heavy atom. The Balaban J connectivity index is 2.37. The van der Waals surface area contributed by atoms with Gasteiger partial charge in [-0.3, -0.25) is 0 Å². The minimum Gasteiger partial charge on any atom is -0.396 e. The van der Waals surface area contributed by atoms with Gasteiger partial charge < -0.3 is 15.3 Å². The maximum absolute atomic E-state index is 11.5. The topological polar surface area (TPSA) is 52.6 Å². The summed E-state index contributed by atoms with van der Waals surface area (Å²) in [4.78, 5) is 13.4. The summed E-state index contributed by atoms with van der Waals surface area (Å²) in [6.45, 7) is 4.81. The molecule has 1 rings (SSSR count). The standard InChI is InChI=1S/C11H22N2O2/c1-2-4-10(5-8-14)9-13-7-3-6-12-11(13)15/h10,14H,2-9H2,1H3,(H,12,15). The number of hydrogen-bond acceptors (Lipinski definition) is 2. The summed E-state index contributed by atoms with van der Waals surface area (Å²) in [7, 11) is 0. The summed E-state index contributed by atoms with van der Waals surface area (Å²) in [5.74, 6) is 0.448. The van der Waals surface area contributed by atoms with Crippen molar-refractivity contribution in [1.82, 2.24) is 10.2 Å². The number of carbonyl (C=O) groups is 1. The third kappa shape index (κ3) is 4.08. The quantitative estimate of drug-likeness (QED) is 0.698. The molecule has 1 unspecified atom stereocenters. The van der Waals surface area contributed by atoms with E-state index in [1.165, 1.54) is 0 Å². The van der Waals surface area contributed by atoms with Crippen LogP contribution >= 0.6 is 0 Å². The van der Waals surface area contributed by atoms with Crippen molar-refractivity contribution >= 4 is 6.03 Å². The Bertz CT molecular complexity index is 191. The second-order valence-electron chi connectivity index (χ2n) is 4.20. The zero-order chi connectivity index (χ0) is 11.1. The molecular formula is C11H22N2O2. The predicted octanol–water partition coefficient (Wildman–Crippen LogP) is 1.20. The molecule has 0 spiro atoms. The summed E-state index contributed by atoms with van der Waals surface area (Å²) >= 11 is 0. The highest BCUT2D eigenvalue weighted by Crippen LogP contribution is 2.14. The Hall–Kier alpha value is -0.770. The molecule has 0 aromatic carbocycles. The summed E-state index contributed by atoms with van der Waals surface area (Å²) in [6, 6.07) is 0.0558. The molecule has 88 valence electrons. The average molecular weight is 214 g/mol. The molecule has 1 aliphatic heterocycles. The van der Waals surface area contributed by atoms with Gasteiger partial charge in [-0.05, 0) is 25.2 Å². The van der Waals surface area contributed by atoms with Crippen LogP contribution in [-0.4, -0.2) is 42.3 Å². The van der Waals surface area contributed by atoms with Crippen LogP contribution in [0.5, 0.6) is 0 Å². The lowest BCUT2D eigenvalue weighted by atomic mass is 9.99. The first-order valence-electron chi connectivity index (χ1n) is 5.91. The van der Waals surface area contributed by atoms with E-state index in [1.807, 2.05) is 4.90 Å². The molecule has 0 aromatic rings. The zero-order valence-electron chi connectivity index (χ0n) is 9.54. The van der Waals surface area contributed by atoms with Crippen molar-refractivity contribution in [3.63, 3.8) is 0 Å². The van der Waals surface area contributed by atoms with E-state index >= 15 is 0 Å². The Morgan fingerprint density at radius 3 is 2.93 bits per heavy atom. The maximum Gasteiger partial charge on any atom is 0.317 e. The minimum atomic E-state index is 0.0558. The molecule has 4 nitrogen and oxygen atoms in total. The van der Waals surface area contributed by atoms with Crippen molar-refractivity contribution in [1.29, 1.82) is 0 Å². The largest absolute Gasteiger partial charge is 0.396 e. The molecular weight excluding hydrogens is 192 g/mol. The first-order chi connectivity index (χ1) is 7.27. The van der Waals surface area contributed by atoms with Crippen LogP contribution in [0.25, 0.3) is 0 Å². The van der Waals surface area contributed by atoms with Gasteiger partial charge in [0.2, 0.25) is 0 Å². The lowest BCUT2D eigenvalue weighted by molar-refractivity contribution is 0.163. The molecule has 1 aliphatic rings. The van der Waals surface area contributed by atoms with E-state index < -0.39 is 0 Å². The molecule has 0 radical (unpaired) electrons. The van der Waals surface area contributed by atoms with E-state index in [0.29, 0.717) is 5.92 Å². The second-order valence-corrected chi connectivity index (χ2v) is 4.20. The number of nitrogens with zero attached hydrogens (tertiary/aromatic N) is 1. The highest BCUT2D eigenvalue weighted by atomic mass is 16.3. The van der Waals surface area contributed by atoms with Crippen LogP contribution in [0.1, 0.15) is 32.6 Å². The van der Waals surface area contributed by atoms with Crippen molar-refractivity contribution in [3.8, 4) is 0 Å². The number of aliphatic hydroxyl groups excluding tert-OH is 1. The van der Waals surface area contributed by atoms with Crippen LogP contribution < -0.4 is 5.32 Å². The molecule has 2 amide bonds. The summed E-state index contributed by atoms with van der Waals surface area (Å²) in [5.41, 5.74) is 0. The minimum absolute atomic E-state index is 0.0558. The molecule has 0 saturated carbocycles. The van der Waals surface area contributed by atoms with E-state index in [1.54, 1.807) is 0 Å². The smallest absolute Gasteiger partial charge is 0.317 e. The average Bonchev–Trinajstić information content (AvgIpc) is 2.22. The number of aliphatic hydroxyl groups is 1. The molecule has 0 aliphatic carbocycles. The normalized spacial score (nSPS) is 18.8. The van der Waals surface area contributed by atoms with E-state index in [-0.39, 0.29) is 12.6 Å². The lowest BCUT2D eigenvalue weighted by Gasteiger charge is -2.30. The van der Waals surface area contributed by atoms with Gasteiger partial charge in [0.05, 0.1) is 0 Å². The highest BCUT2D eigenvalue weighted by molar-refractivity contribution is 5.74. The fourth-order valence-corrected chi connectivity index (χ4v) is 2.08. The number of hydrogen-bond donors (Lipinski definition) is 2. The molecule has 2 N–H and O–H groups in total. The molecule has 15 heavy (non-hydrogen) atoms. The van der Waals surface area contributed by atoms with E-state index in [9.17, 15) is 4.79 Å². The van der Waals surface area contributed by atoms with Gasteiger partial charge in [-0.1, -0.05) is 13.3 Å². The first kappa shape index (κ1) is 12.3. The van der Waals surface area contributed by atoms with Crippen LogP contribution in [0, 0.1) is 5.92 Å². The predicted molar refractivity (Wildman–Crippen MR) is 59.7 cm³/mol. The zero-order valence-corrected chi connectivity index (χ0v) is 9.54. The molecule has 4 heteroatoms. The number of amides is 2. The van der Waals surface area contributed by atoms with Crippen LogP contribution in [0.2, 0.25) is 0 Å². The highest BCUT2D eigenvalue weighted by Gasteiger charge is 2.20. The summed E-state index contributed by atoms with van der Waals surface area (Å²) < 4.78 is 0. The van der Waals surface area contributed by atoms with Crippen LogP contribution in [0.3, 0.4) is 0 Å². The van der Waals surface area contributed by atoms with E-state index in [0.717, 1.165) is 45.3 Å². The SMILES string of the molecule is CCCC(CCO)CN1CCCNC1=O. The van der Waals surface area contributed by atoms with Gasteiger partial charge in [0, 0.05) is 26.2 Å². The fourth-order valence-electron chi connectivity index (χ4n) is 2.08. The number of carbonyl (C=O) groups excluding carboxylic acids is 1. The van der Waals surface area contributed by atoms with Gasteiger partial charge >= 0.3 is 6.03 Å². The van der Waals surface area contributed by atoms with Crippen LogP contribution in [0.15, 0.2) is 0 Å². The van der Waals surface area contributed by atoms with Gasteiger partial charge in [-0.25, -0.2) is 4.79 Å². The van der Waals surface area contributed by atoms with Crippen molar-refractivity contribution in [2.24, 2.45) is 5.92 Å². The summed E-state index contributed by atoms with van der Waals surface area (Å²) in [5, 5.41) is 11.8. The van der Waals surface area contributed by atoms with Gasteiger partial charge in [-0.15, -0.1) is 0 Å². The maximum atomic E-state index is 11.5. The van der Waals surface area contributed by atoms with Crippen LogP contribution in [-0.2, 0) is 0 Å². The van der Waals surface area contributed by atoms with Crippen LogP contribution in [0.4, 0.5) is 4.79 Å². The van der Waals surface area contributed by atoms with Crippen molar-refractivity contribution in [2.45, 2.75) is 32.6 Å². The molecule has 1 saturated heterocycles. The first-order valence-corrected chi connectivity index (χ1v) is 5.91. The monoisotopic (exact) mass is 214 g/mol. The van der Waals surface area contributed by atoms with E-state index in [2.05, 4.69) is 12.2 Å². The van der Waals surface area contributed by atoms with E-state index in [4.69, 9.17) is 5.11 Å². The molecule has 1 fully saturated rings. The Morgan fingerprint density at radius 2 is 2.33 bits per heavy atom. The molecule has 1 atom stereocenters. The lowest BCUT2D eigenvalue weighted by Crippen LogP contribution is -2.48. The Kier molecular flexibility index (Phi) is 5.47. The van der Waals surface area contributed by atoms with Gasteiger partial charge in [-0.2, -0.15) is 0 Å². The van der Waals surface area contributed by atoms with Crippen molar-refractivity contribution in [2.75, 3.05) is 26.2 Å². The van der Waals surface area contributed by atoms with Crippen molar-refractivity contribution < 1.29 is 9.90 Å². The molecule has 0 bridgehead atoms. The number of rotatable bonds is 6. The molecule has 0 aromatic heterocycles. The molecule has 1 heterocycles.